The monoisotopic (exact) mass is 306 g/mol. The Morgan fingerprint density at radius 1 is 0.810 bits per heavy atom. The van der Waals surface area contributed by atoms with Crippen molar-refractivity contribution in [3.05, 3.63) is 0 Å². The van der Waals surface area contributed by atoms with Gasteiger partial charge in [0.2, 0.25) is 0 Å². The van der Waals surface area contributed by atoms with E-state index in [4.69, 9.17) is 20.4 Å². The van der Waals surface area contributed by atoms with Gasteiger partial charge in [0.05, 0.1) is 13.2 Å². The summed E-state index contributed by atoms with van der Waals surface area (Å²) in [6, 6.07) is 0. The predicted molar refractivity (Wildman–Crippen MR) is 84.3 cm³/mol. The summed E-state index contributed by atoms with van der Waals surface area (Å²) in [5, 5.41) is 32.5. The minimum Gasteiger partial charge on any atom is -0.481 e. The molecule has 0 rings (SSSR count). The number of aliphatic hydroxyl groups excluding tert-OH is 3. The van der Waals surface area contributed by atoms with E-state index in [1.807, 2.05) is 0 Å². The predicted octanol–water partition coefficient (Wildman–Crippen LogP) is 2.71. The van der Waals surface area contributed by atoms with Crippen molar-refractivity contribution in [3.8, 4) is 0 Å². The van der Waals surface area contributed by atoms with Crippen LogP contribution in [-0.2, 0) is 4.79 Å². The first kappa shape index (κ1) is 22.6. The summed E-state index contributed by atoms with van der Waals surface area (Å²) in [6.07, 6.45) is 12.0. The molecule has 5 nitrogen and oxygen atoms in total. The molecule has 0 aromatic heterocycles. The fraction of sp³-hybridized carbons (Fsp3) is 0.938. The van der Waals surface area contributed by atoms with Gasteiger partial charge in [0.25, 0.3) is 0 Å². The van der Waals surface area contributed by atoms with E-state index >= 15 is 0 Å². The molecule has 21 heavy (non-hydrogen) atoms. The topological polar surface area (TPSA) is 98.0 Å². The second kappa shape index (κ2) is 19.4. The van der Waals surface area contributed by atoms with Gasteiger partial charge in [-0.25, -0.2) is 0 Å². The highest BCUT2D eigenvalue weighted by molar-refractivity contribution is 5.66. The van der Waals surface area contributed by atoms with Crippen LogP contribution in [0.1, 0.15) is 77.6 Å². The fourth-order valence-corrected chi connectivity index (χ4v) is 1.82. The Morgan fingerprint density at radius 2 is 1.19 bits per heavy atom. The van der Waals surface area contributed by atoms with Gasteiger partial charge in [-0.2, -0.15) is 0 Å². The first-order chi connectivity index (χ1) is 10.1. The number of rotatable bonds is 13. The molecule has 0 aliphatic carbocycles. The van der Waals surface area contributed by atoms with E-state index in [1.54, 1.807) is 0 Å². The van der Waals surface area contributed by atoms with Gasteiger partial charge >= 0.3 is 5.97 Å². The van der Waals surface area contributed by atoms with Crippen LogP contribution < -0.4 is 0 Å². The summed E-state index contributed by atoms with van der Waals surface area (Å²) in [6.45, 7) is 1.51. The highest BCUT2D eigenvalue weighted by atomic mass is 16.4. The van der Waals surface area contributed by atoms with E-state index in [0.29, 0.717) is 6.42 Å². The molecular formula is C16H34O5. The van der Waals surface area contributed by atoms with Gasteiger partial charge in [-0.1, -0.05) is 64.7 Å². The van der Waals surface area contributed by atoms with Crippen LogP contribution in [0, 0.1) is 0 Å². The lowest BCUT2D eigenvalue weighted by atomic mass is 10.1. The van der Waals surface area contributed by atoms with Crippen LogP contribution in [0.3, 0.4) is 0 Å². The standard InChI is InChI=1S/C13H26O2.C3H8O3/c1-2-3-4-5-6-7-8-9-10-11-12-13(14)15;4-1-3(6)2-5/h2-12H2,1H3,(H,14,15);3-6H,1-2H2. The van der Waals surface area contributed by atoms with Gasteiger partial charge < -0.3 is 20.4 Å². The van der Waals surface area contributed by atoms with E-state index < -0.39 is 12.1 Å². The molecule has 0 bridgehead atoms. The van der Waals surface area contributed by atoms with Crippen molar-refractivity contribution in [2.45, 2.75) is 83.7 Å². The van der Waals surface area contributed by atoms with Crippen LogP contribution in [0.4, 0.5) is 0 Å². The molecule has 0 aromatic rings. The Bertz CT molecular complexity index is 205. The maximum Gasteiger partial charge on any atom is 0.303 e. The van der Waals surface area contributed by atoms with Crippen LogP contribution in [0.5, 0.6) is 0 Å². The third-order valence-corrected chi connectivity index (χ3v) is 3.17. The lowest BCUT2D eigenvalue weighted by Gasteiger charge is -2.01. The number of carboxylic acids is 1. The van der Waals surface area contributed by atoms with Gasteiger partial charge in [0.15, 0.2) is 0 Å². The average Bonchev–Trinajstić information content (AvgIpc) is 2.48. The van der Waals surface area contributed by atoms with Crippen molar-refractivity contribution >= 4 is 5.97 Å². The summed E-state index contributed by atoms with van der Waals surface area (Å²) in [4.78, 5) is 10.2. The zero-order chi connectivity index (χ0) is 16.3. The van der Waals surface area contributed by atoms with Gasteiger partial charge in [-0.3, -0.25) is 4.79 Å². The fourth-order valence-electron chi connectivity index (χ4n) is 1.82. The van der Waals surface area contributed by atoms with E-state index in [-0.39, 0.29) is 13.2 Å². The van der Waals surface area contributed by atoms with Crippen molar-refractivity contribution in [1.82, 2.24) is 0 Å². The molecule has 0 unspecified atom stereocenters. The molecule has 5 heteroatoms. The van der Waals surface area contributed by atoms with Crippen LogP contribution in [0.2, 0.25) is 0 Å². The maximum atomic E-state index is 10.2. The zero-order valence-corrected chi connectivity index (χ0v) is 13.5. The Labute approximate surface area is 129 Å². The van der Waals surface area contributed by atoms with Crippen LogP contribution >= 0.6 is 0 Å². The minimum absolute atomic E-state index is 0.344. The van der Waals surface area contributed by atoms with Gasteiger partial charge in [-0.15, -0.1) is 0 Å². The molecule has 128 valence electrons. The van der Waals surface area contributed by atoms with Gasteiger partial charge in [0, 0.05) is 6.42 Å². The van der Waals surface area contributed by atoms with Crippen molar-refractivity contribution in [2.75, 3.05) is 13.2 Å². The maximum absolute atomic E-state index is 10.2. The molecule has 0 radical (unpaired) electrons. The third kappa shape index (κ3) is 24.7. The highest BCUT2D eigenvalue weighted by Crippen LogP contribution is 2.11. The second-order valence-electron chi connectivity index (χ2n) is 5.34. The number of aliphatic hydroxyl groups is 3. The molecule has 0 fully saturated rings. The molecule has 0 amide bonds. The molecular weight excluding hydrogens is 272 g/mol. The van der Waals surface area contributed by atoms with Crippen molar-refractivity contribution in [2.24, 2.45) is 0 Å². The largest absolute Gasteiger partial charge is 0.481 e. The molecule has 0 saturated heterocycles. The quantitative estimate of drug-likeness (QED) is 0.392. The smallest absolute Gasteiger partial charge is 0.303 e. The van der Waals surface area contributed by atoms with E-state index in [0.717, 1.165) is 12.8 Å². The lowest BCUT2D eigenvalue weighted by molar-refractivity contribution is -0.137. The van der Waals surface area contributed by atoms with Crippen LogP contribution in [0.25, 0.3) is 0 Å². The molecule has 0 atom stereocenters. The van der Waals surface area contributed by atoms with Crippen molar-refractivity contribution in [3.63, 3.8) is 0 Å². The number of aliphatic carboxylic acids is 1. The number of carbonyl (C=O) groups is 1. The van der Waals surface area contributed by atoms with Gasteiger partial charge in [0.1, 0.15) is 6.10 Å². The Morgan fingerprint density at radius 3 is 1.48 bits per heavy atom. The molecule has 0 aliphatic heterocycles. The normalized spacial score (nSPS) is 10.3. The number of hydrogen-bond acceptors (Lipinski definition) is 4. The minimum atomic E-state index is -0.954. The first-order valence-corrected chi connectivity index (χ1v) is 8.20. The zero-order valence-electron chi connectivity index (χ0n) is 13.5. The molecule has 0 aromatic carbocycles. The second-order valence-corrected chi connectivity index (χ2v) is 5.34. The molecule has 0 heterocycles. The molecule has 0 spiro atoms. The van der Waals surface area contributed by atoms with Crippen molar-refractivity contribution < 1.29 is 25.2 Å². The third-order valence-electron chi connectivity index (χ3n) is 3.17. The molecule has 4 N–H and O–H groups in total. The molecule has 0 aliphatic rings. The lowest BCUT2D eigenvalue weighted by Crippen LogP contribution is -2.15. The van der Waals surface area contributed by atoms with E-state index in [1.165, 1.54) is 51.4 Å². The average molecular weight is 306 g/mol. The van der Waals surface area contributed by atoms with Crippen LogP contribution in [0.15, 0.2) is 0 Å². The molecule has 0 saturated carbocycles. The number of unbranched alkanes of at least 4 members (excludes halogenated alkanes) is 9. The van der Waals surface area contributed by atoms with E-state index in [9.17, 15) is 4.79 Å². The van der Waals surface area contributed by atoms with E-state index in [2.05, 4.69) is 6.92 Å². The SMILES string of the molecule is CCCCCCCCCCCCC(=O)O.OCC(O)CO. The first-order valence-electron chi connectivity index (χ1n) is 8.20. The summed E-state index contributed by atoms with van der Waals surface area (Å²) >= 11 is 0. The highest BCUT2D eigenvalue weighted by Gasteiger charge is 1.96. The summed E-state index contributed by atoms with van der Waals surface area (Å²) in [5.74, 6) is -0.658. The Hall–Kier alpha value is -0.650. The summed E-state index contributed by atoms with van der Waals surface area (Å²) in [7, 11) is 0. The van der Waals surface area contributed by atoms with Crippen LogP contribution in [-0.4, -0.2) is 45.7 Å². The Balaban J connectivity index is 0. The summed E-state index contributed by atoms with van der Waals surface area (Å²) in [5.41, 5.74) is 0. The van der Waals surface area contributed by atoms with Gasteiger partial charge in [-0.05, 0) is 6.42 Å². The number of carboxylic acid groups (broad SMARTS) is 1. The summed E-state index contributed by atoms with van der Waals surface area (Å²) < 4.78 is 0. The van der Waals surface area contributed by atoms with Crippen molar-refractivity contribution in [1.29, 1.82) is 0 Å². The number of hydrogen-bond donors (Lipinski definition) is 4. The Kier molecular flexibility index (Phi) is 20.9.